The van der Waals surface area contributed by atoms with E-state index in [2.05, 4.69) is 290 Å². The van der Waals surface area contributed by atoms with Crippen molar-refractivity contribution >= 4 is 16.1 Å². The Balaban J connectivity index is 0.000000438. The number of aromatic amines is 1. The molecule has 412 valence electrons. The number of nitrogens with zero attached hydrogens (tertiary/aromatic N) is 2. The van der Waals surface area contributed by atoms with Gasteiger partial charge in [0.05, 0.1) is 22.5 Å². The standard InChI is InChI=1S/4C11H16.C10H14.C9H14BrN.C8H14N2/c4*1-9(2)7-11-6-4-5-10(3)8-11;1-9(2)8-10-6-4-3-5-7-10;1-8(2)5-6-9-4-3-7-11(9)10;1-7(2)3-4-8-5-9-6-10-8/h4*4-6,8-9H,7H2,1-3H3;3-7,9H,8H2,1-2H3;3-4,7-8H,5-6H2,1-2H3;5-7H,3-4H2,1-2H3,(H,9,10). The van der Waals surface area contributed by atoms with Crippen LogP contribution >= 0.6 is 16.1 Å². The van der Waals surface area contributed by atoms with Gasteiger partial charge in [-0.3, -0.25) is 3.59 Å². The molecule has 0 aliphatic rings. The number of hydrogen-bond donors (Lipinski definition) is 1. The summed E-state index contributed by atoms with van der Waals surface area (Å²) in [6.45, 7) is 40.0. The third-order valence-electron chi connectivity index (χ3n) is 11.7. The van der Waals surface area contributed by atoms with Gasteiger partial charge < -0.3 is 4.98 Å². The van der Waals surface area contributed by atoms with Crippen LogP contribution < -0.4 is 0 Å². The maximum absolute atomic E-state index is 3.94. The van der Waals surface area contributed by atoms with Crippen molar-refractivity contribution in [3.8, 4) is 0 Å². The highest BCUT2D eigenvalue weighted by Crippen LogP contribution is 2.14. The molecule has 7 aromatic rings. The van der Waals surface area contributed by atoms with Gasteiger partial charge in [0.2, 0.25) is 0 Å². The first kappa shape index (κ1) is 68.1. The highest BCUT2D eigenvalue weighted by atomic mass is 79.9. The zero-order chi connectivity index (χ0) is 56.1. The molecule has 0 bridgehead atoms. The molecule has 0 amide bonds. The lowest BCUT2D eigenvalue weighted by molar-refractivity contribution is 0.581. The van der Waals surface area contributed by atoms with Gasteiger partial charge in [-0.15, -0.1) is 0 Å². The van der Waals surface area contributed by atoms with E-state index in [1.165, 1.54) is 106 Å². The van der Waals surface area contributed by atoms with Gasteiger partial charge >= 0.3 is 0 Å². The number of rotatable bonds is 16. The summed E-state index contributed by atoms with van der Waals surface area (Å²) in [4.78, 5) is 7.03. The average molecular weight is 1080 g/mol. The number of imidazole rings is 1. The van der Waals surface area contributed by atoms with Gasteiger partial charge in [-0.1, -0.05) is 247 Å². The van der Waals surface area contributed by atoms with Crippen LogP contribution in [0.4, 0.5) is 0 Å². The van der Waals surface area contributed by atoms with E-state index >= 15 is 0 Å². The monoisotopic (exact) mass is 1080 g/mol. The number of hydrogen-bond acceptors (Lipinski definition) is 1. The van der Waals surface area contributed by atoms with Crippen molar-refractivity contribution in [2.45, 2.75) is 182 Å². The van der Waals surface area contributed by atoms with Gasteiger partial charge in [-0.2, -0.15) is 0 Å². The zero-order valence-electron chi connectivity index (χ0n) is 50.7. The van der Waals surface area contributed by atoms with E-state index in [1.807, 2.05) is 16.0 Å². The van der Waals surface area contributed by atoms with Crippen molar-refractivity contribution in [1.29, 1.82) is 0 Å². The zero-order valence-corrected chi connectivity index (χ0v) is 52.3. The Morgan fingerprint density at radius 3 is 1.00 bits per heavy atom. The maximum Gasteiger partial charge on any atom is 0.0921 e. The SMILES string of the molecule is CC(C)CCc1cccn1Br.CC(C)CCc1cnc[nH]1.CC(C)Cc1ccccc1.Cc1cccc(CC(C)C)c1.Cc1cccc(CC(C)C)c1.Cc1cccc(CC(C)C)c1.Cc1cccc(CC(C)C)c1. The average Bonchev–Trinajstić information content (AvgIpc) is 4.00. The van der Waals surface area contributed by atoms with Crippen LogP contribution in [0.5, 0.6) is 0 Å². The molecule has 0 spiro atoms. The highest BCUT2D eigenvalue weighted by molar-refractivity contribution is 9.08. The van der Waals surface area contributed by atoms with Crippen molar-refractivity contribution in [3.63, 3.8) is 0 Å². The van der Waals surface area contributed by atoms with E-state index in [9.17, 15) is 0 Å². The molecule has 75 heavy (non-hydrogen) atoms. The van der Waals surface area contributed by atoms with Crippen LogP contribution in [0, 0.1) is 69.1 Å². The normalized spacial score (nSPS) is 10.6. The molecule has 0 fully saturated rings. The fourth-order valence-electron chi connectivity index (χ4n) is 8.22. The second kappa shape index (κ2) is 40.3. The molecule has 0 atom stereocenters. The third kappa shape index (κ3) is 38.3. The van der Waals surface area contributed by atoms with E-state index in [0.29, 0.717) is 0 Å². The highest BCUT2D eigenvalue weighted by Gasteiger charge is 2.02. The summed E-state index contributed by atoms with van der Waals surface area (Å²) >= 11 is 3.43. The lowest BCUT2D eigenvalue weighted by Gasteiger charge is -2.04. The minimum atomic E-state index is 0.761. The van der Waals surface area contributed by atoms with E-state index in [0.717, 1.165) is 54.3 Å². The molecule has 7 rings (SSSR count). The molecule has 5 aromatic carbocycles. The van der Waals surface area contributed by atoms with Gasteiger partial charge in [0.15, 0.2) is 0 Å². The van der Waals surface area contributed by atoms with Crippen LogP contribution in [0.15, 0.2) is 158 Å². The first-order valence-electron chi connectivity index (χ1n) is 28.6. The van der Waals surface area contributed by atoms with Crippen molar-refractivity contribution in [1.82, 2.24) is 13.6 Å². The first-order chi connectivity index (χ1) is 35.5. The Kier molecular flexibility index (Phi) is 36.6. The minimum Gasteiger partial charge on any atom is -0.348 e. The molecule has 0 saturated heterocycles. The second-order valence-corrected chi connectivity index (χ2v) is 24.4. The van der Waals surface area contributed by atoms with Crippen molar-refractivity contribution in [3.05, 3.63) is 220 Å². The van der Waals surface area contributed by atoms with Gasteiger partial charge in [0, 0.05) is 23.8 Å². The number of benzene rings is 5. The fraction of sp³-hybridized carbons (Fsp3) is 0.479. The Morgan fingerprint density at radius 2 is 0.720 bits per heavy atom. The van der Waals surface area contributed by atoms with Crippen LogP contribution in [-0.4, -0.2) is 13.6 Å². The maximum atomic E-state index is 3.94. The predicted octanol–water partition coefficient (Wildman–Crippen LogP) is 20.9. The fourth-order valence-corrected chi connectivity index (χ4v) is 8.65. The van der Waals surface area contributed by atoms with E-state index in [4.69, 9.17) is 0 Å². The van der Waals surface area contributed by atoms with Crippen molar-refractivity contribution in [2.75, 3.05) is 0 Å². The summed E-state index contributed by atoms with van der Waals surface area (Å²) in [5, 5.41) is 0. The molecule has 0 saturated carbocycles. The lowest BCUT2D eigenvalue weighted by atomic mass is 10.0. The molecule has 2 aromatic heterocycles. The molecule has 2 heterocycles. The quantitative estimate of drug-likeness (QED) is 0.103. The minimum absolute atomic E-state index is 0.761. The number of nitrogens with one attached hydrogen (secondary N) is 1. The van der Waals surface area contributed by atoms with E-state index in [1.54, 1.807) is 6.33 Å². The van der Waals surface area contributed by atoms with Crippen molar-refractivity contribution in [2.24, 2.45) is 41.4 Å². The van der Waals surface area contributed by atoms with Crippen LogP contribution in [-0.2, 0) is 44.9 Å². The lowest BCUT2D eigenvalue weighted by Crippen LogP contribution is -1.94. The molecule has 0 unspecified atom stereocenters. The predicted molar refractivity (Wildman–Crippen MR) is 338 cm³/mol. The Labute approximate surface area is 470 Å². The van der Waals surface area contributed by atoms with Crippen LogP contribution in [0.25, 0.3) is 0 Å². The molecule has 4 heteroatoms. The topological polar surface area (TPSA) is 33.6 Å². The second-order valence-electron chi connectivity index (χ2n) is 23.7. The number of aromatic nitrogens is 3. The van der Waals surface area contributed by atoms with Crippen LogP contribution in [0.3, 0.4) is 0 Å². The Bertz CT molecular complexity index is 2210. The number of aryl methyl sites for hydroxylation is 6. The molecular weight excluding hydrogens is 975 g/mol. The molecule has 1 N–H and O–H groups in total. The largest absolute Gasteiger partial charge is 0.348 e. The smallest absolute Gasteiger partial charge is 0.0921 e. The van der Waals surface area contributed by atoms with Crippen LogP contribution in [0.2, 0.25) is 0 Å². The van der Waals surface area contributed by atoms with Gasteiger partial charge in [0.1, 0.15) is 0 Å². The molecule has 3 nitrogen and oxygen atoms in total. The third-order valence-corrected chi connectivity index (χ3v) is 12.4. The Hall–Kier alpha value is -4.93. The van der Waals surface area contributed by atoms with Gasteiger partial charge in [-0.05, 0) is 167 Å². The van der Waals surface area contributed by atoms with Gasteiger partial charge in [-0.25, -0.2) is 4.98 Å². The molecule has 0 radical (unpaired) electrons. The summed E-state index contributed by atoms with van der Waals surface area (Å²) in [6, 6.07) is 49.8. The van der Waals surface area contributed by atoms with Gasteiger partial charge in [0.25, 0.3) is 0 Å². The molecular formula is C71H106BrN3. The molecule has 0 aliphatic carbocycles. The molecule has 0 aliphatic heterocycles. The number of halogens is 1. The van der Waals surface area contributed by atoms with E-state index in [-0.39, 0.29) is 0 Å². The first-order valence-corrected chi connectivity index (χ1v) is 29.3. The van der Waals surface area contributed by atoms with Crippen molar-refractivity contribution < 1.29 is 0 Å². The summed E-state index contributed by atoms with van der Waals surface area (Å²) in [5.41, 5.74) is 15.3. The summed E-state index contributed by atoms with van der Waals surface area (Å²) in [5.74, 6) is 5.38. The Morgan fingerprint density at radius 1 is 0.387 bits per heavy atom. The summed E-state index contributed by atoms with van der Waals surface area (Å²) in [7, 11) is 0. The number of H-pyrrole nitrogens is 1. The van der Waals surface area contributed by atoms with Crippen LogP contribution in [0.1, 0.15) is 171 Å². The van der Waals surface area contributed by atoms with E-state index < -0.39 is 0 Å². The summed E-state index contributed by atoms with van der Waals surface area (Å²) in [6.07, 6.45) is 16.4. The summed E-state index contributed by atoms with van der Waals surface area (Å²) < 4.78 is 2.01.